The molecule has 0 atom stereocenters. The van der Waals surface area contributed by atoms with Gasteiger partial charge in [0.15, 0.2) is 0 Å². The summed E-state index contributed by atoms with van der Waals surface area (Å²) in [6, 6.07) is 2.29. The van der Waals surface area contributed by atoms with E-state index in [2.05, 4.69) is 10.3 Å². The number of aryl methyl sites for hydroxylation is 1. The zero-order valence-electron chi connectivity index (χ0n) is 10.5. The van der Waals surface area contributed by atoms with Crippen molar-refractivity contribution in [2.75, 3.05) is 5.32 Å². The summed E-state index contributed by atoms with van der Waals surface area (Å²) in [5.41, 5.74) is -0.0813. The van der Waals surface area contributed by atoms with Crippen molar-refractivity contribution in [1.29, 1.82) is 0 Å². The fourth-order valence-electron chi connectivity index (χ4n) is 1.59. The molecule has 8 heteroatoms. The van der Waals surface area contributed by atoms with Gasteiger partial charge < -0.3 is 9.73 Å². The third kappa shape index (κ3) is 3.24. The van der Waals surface area contributed by atoms with E-state index in [9.17, 15) is 14.5 Å². The Morgan fingerprint density at radius 2 is 2.30 bits per heavy atom. The van der Waals surface area contributed by atoms with Crippen molar-refractivity contribution < 1.29 is 13.7 Å². The summed E-state index contributed by atoms with van der Waals surface area (Å²) in [6.45, 7) is 2.08. The molecule has 0 spiro atoms. The van der Waals surface area contributed by atoms with Gasteiger partial charge in [-0.1, -0.05) is 6.92 Å². The monoisotopic (exact) mass is 391 g/mol. The number of nitrogens with one attached hydrogen (secondary N) is 1. The summed E-state index contributed by atoms with van der Waals surface area (Å²) in [5.74, 6) is 0.612. The largest absolute Gasteiger partial charge is 0.444 e. The van der Waals surface area contributed by atoms with E-state index in [-0.39, 0.29) is 21.5 Å². The van der Waals surface area contributed by atoms with Gasteiger partial charge in [-0.05, 0) is 22.6 Å². The number of oxazole rings is 1. The Morgan fingerprint density at radius 3 is 2.90 bits per heavy atom. The maximum absolute atomic E-state index is 13.5. The predicted octanol–water partition coefficient (Wildman–Crippen LogP) is 3.50. The summed E-state index contributed by atoms with van der Waals surface area (Å²) < 4.78 is 19.1. The number of hydrogen-bond donors (Lipinski definition) is 1. The number of nitrogens with zero attached hydrogens (tertiary/aromatic N) is 2. The Labute approximate surface area is 127 Å². The lowest BCUT2D eigenvalue weighted by atomic mass is 10.2. The zero-order valence-corrected chi connectivity index (χ0v) is 12.7. The summed E-state index contributed by atoms with van der Waals surface area (Å²) in [4.78, 5) is 14.4. The van der Waals surface area contributed by atoms with Crippen LogP contribution in [0, 0.1) is 19.5 Å². The molecule has 2 aromatic rings. The van der Waals surface area contributed by atoms with E-state index in [1.807, 2.05) is 6.92 Å². The minimum absolute atomic E-state index is 0.101. The summed E-state index contributed by atoms with van der Waals surface area (Å²) in [7, 11) is 0. The van der Waals surface area contributed by atoms with Gasteiger partial charge >= 0.3 is 0 Å². The molecular formula is C12H11FIN3O3. The predicted molar refractivity (Wildman–Crippen MR) is 79.0 cm³/mol. The van der Waals surface area contributed by atoms with Crippen molar-refractivity contribution in [3.63, 3.8) is 0 Å². The van der Waals surface area contributed by atoms with E-state index in [0.717, 1.165) is 11.8 Å². The molecule has 1 aromatic carbocycles. The second-order valence-corrected chi connectivity index (χ2v) is 5.13. The van der Waals surface area contributed by atoms with Crippen molar-refractivity contribution in [2.45, 2.75) is 19.9 Å². The average Bonchev–Trinajstić information content (AvgIpc) is 2.87. The molecule has 2 rings (SSSR count). The molecule has 0 aliphatic carbocycles. The molecule has 0 aliphatic rings. The second kappa shape index (κ2) is 6.16. The SMILES string of the molecule is CCc1cnc(CNc2cc(F)c(I)cc2[N+](=O)[O-])o1. The first-order chi connectivity index (χ1) is 9.51. The van der Waals surface area contributed by atoms with Crippen LogP contribution in [0.5, 0.6) is 0 Å². The number of benzene rings is 1. The maximum atomic E-state index is 13.5. The third-order valence-corrected chi connectivity index (χ3v) is 3.44. The number of hydrogen-bond acceptors (Lipinski definition) is 5. The van der Waals surface area contributed by atoms with Crippen LogP contribution in [0.4, 0.5) is 15.8 Å². The Balaban J connectivity index is 2.20. The molecule has 106 valence electrons. The first-order valence-corrected chi connectivity index (χ1v) is 6.90. The summed E-state index contributed by atoms with van der Waals surface area (Å²) >= 11 is 1.71. The Bertz CT molecular complexity index is 645. The number of anilines is 1. The molecule has 0 bridgehead atoms. The molecule has 20 heavy (non-hydrogen) atoms. The number of nitro groups is 1. The molecular weight excluding hydrogens is 380 g/mol. The van der Waals surface area contributed by atoms with E-state index < -0.39 is 10.7 Å². The molecule has 0 amide bonds. The number of rotatable bonds is 5. The molecule has 1 aromatic heterocycles. The lowest BCUT2D eigenvalue weighted by Crippen LogP contribution is -2.04. The van der Waals surface area contributed by atoms with Crippen LogP contribution in [0.15, 0.2) is 22.7 Å². The Kier molecular flexibility index (Phi) is 4.53. The third-order valence-electron chi connectivity index (χ3n) is 2.62. The molecule has 1 heterocycles. The highest BCUT2D eigenvalue weighted by molar-refractivity contribution is 14.1. The van der Waals surface area contributed by atoms with Gasteiger partial charge in [0.25, 0.3) is 5.69 Å². The average molecular weight is 391 g/mol. The first-order valence-electron chi connectivity index (χ1n) is 5.82. The van der Waals surface area contributed by atoms with Crippen molar-refractivity contribution in [2.24, 2.45) is 0 Å². The van der Waals surface area contributed by atoms with Crippen molar-refractivity contribution in [3.8, 4) is 0 Å². The fraction of sp³-hybridized carbons (Fsp3) is 0.250. The van der Waals surface area contributed by atoms with Crippen LogP contribution >= 0.6 is 22.6 Å². The van der Waals surface area contributed by atoms with Crippen molar-refractivity contribution >= 4 is 34.0 Å². The fourth-order valence-corrected chi connectivity index (χ4v) is 2.04. The van der Waals surface area contributed by atoms with Crippen LogP contribution in [0.3, 0.4) is 0 Å². The zero-order chi connectivity index (χ0) is 14.7. The Morgan fingerprint density at radius 1 is 1.55 bits per heavy atom. The topological polar surface area (TPSA) is 81.2 Å². The molecule has 0 saturated carbocycles. The highest BCUT2D eigenvalue weighted by Crippen LogP contribution is 2.29. The molecule has 0 fully saturated rings. The van der Waals surface area contributed by atoms with Crippen molar-refractivity contribution in [3.05, 3.63) is 49.5 Å². The van der Waals surface area contributed by atoms with Gasteiger partial charge in [-0.2, -0.15) is 0 Å². The minimum Gasteiger partial charge on any atom is -0.444 e. The van der Waals surface area contributed by atoms with Gasteiger partial charge in [0.2, 0.25) is 5.89 Å². The number of halogens is 2. The maximum Gasteiger partial charge on any atom is 0.293 e. The summed E-state index contributed by atoms with van der Waals surface area (Å²) in [5, 5.41) is 13.7. The minimum atomic E-state index is -0.559. The van der Waals surface area contributed by atoms with Gasteiger partial charge in [0.1, 0.15) is 17.3 Å². The molecule has 0 saturated heterocycles. The van der Waals surface area contributed by atoms with E-state index in [4.69, 9.17) is 4.42 Å². The Hall–Kier alpha value is -1.71. The highest BCUT2D eigenvalue weighted by Gasteiger charge is 2.17. The molecule has 0 unspecified atom stereocenters. The van der Waals surface area contributed by atoms with E-state index >= 15 is 0 Å². The molecule has 6 nitrogen and oxygen atoms in total. The lowest BCUT2D eigenvalue weighted by molar-refractivity contribution is -0.384. The lowest BCUT2D eigenvalue weighted by Gasteiger charge is -2.06. The molecule has 0 aliphatic heterocycles. The molecule has 0 radical (unpaired) electrons. The van der Waals surface area contributed by atoms with Crippen LogP contribution < -0.4 is 5.32 Å². The van der Waals surface area contributed by atoms with Gasteiger partial charge in [0.05, 0.1) is 21.2 Å². The van der Waals surface area contributed by atoms with Gasteiger partial charge in [-0.25, -0.2) is 9.37 Å². The van der Waals surface area contributed by atoms with Gasteiger partial charge in [0, 0.05) is 18.6 Å². The van der Waals surface area contributed by atoms with Crippen molar-refractivity contribution in [1.82, 2.24) is 4.98 Å². The van der Waals surface area contributed by atoms with Crippen LogP contribution in [0.25, 0.3) is 0 Å². The van der Waals surface area contributed by atoms with Crippen LogP contribution in [-0.4, -0.2) is 9.91 Å². The first kappa shape index (κ1) is 14.7. The quantitative estimate of drug-likeness (QED) is 0.480. The van der Waals surface area contributed by atoms with Gasteiger partial charge in [-0.15, -0.1) is 0 Å². The second-order valence-electron chi connectivity index (χ2n) is 3.97. The number of aromatic nitrogens is 1. The molecule has 1 N–H and O–H groups in total. The standard InChI is InChI=1S/C12H11FIN3O3/c1-2-7-5-16-12(20-7)6-15-10-3-8(13)9(14)4-11(10)17(18)19/h3-5,15H,2,6H2,1H3. The summed E-state index contributed by atoms with van der Waals surface area (Å²) in [6.07, 6.45) is 2.31. The van der Waals surface area contributed by atoms with E-state index in [0.29, 0.717) is 12.3 Å². The number of nitro benzene ring substituents is 1. The van der Waals surface area contributed by atoms with E-state index in [1.165, 1.54) is 6.07 Å². The van der Waals surface area contributed by atoms with E-state index in [1.54, 1.807) is 28.8 Å². The normalized spacial score (nSPS) is 10.6. The highest BCUT2D eigenvalue weighted by atomic mass is 127. The van der Waals surface area contributed by atoms with Gasteiger partial charge in [-0.3, -0.25) is 10.1 Å². The van der Waals surface area contributed by atoms with Crippen LogP contribution in [0.2, 0.25) is 0 Å². The smallest absolute Gasteiger partial charge is 0.293 e. The van der Waals surface area contributed by atoms with Crippen LogP contribution in [0.1, 0.15) is 18.6 Å². The van der Waals surface area contributed by atoms with Crippen LogP contribution in [-0.2, 0) is 13.0 Å².